The summed E-state index contributed by atoms with van der Waals surface area (Å²) in [4.78, 5) is 15.1. The van der Waals surface area contributed by atoms with Crippen LogP contribution in [-0.2, 0) is 4.79 Å². The van der Waals surface area contributed by atoms with Crippen molar-refractivity contribution in [2.24, 2.45) is 11.1 Å². The minimum atomic E-state index is 0.121. The molecule has 0 radical (unpaired) electrons. The Morgan fingerprint density at radius 2 is 1.80 bits per heavy atom. The van der Waals surface area contributed by atoms with Crippen LogP contribution in [0.2, 0.25) is 0 Å². The highest BCUT2D eigenvalue weighted by Gasteiger charge is 2.18. The summed E-state index contributed by atoms with van der Waals surface area (Å²) in [7, 11) is 5.60. The summed E-state index contributed by atoms with van der Waals surface area (Å²) in [6.45, 7) is 6.65. The van der Waals surface area contributed by atoms with Gasteiger partial charge in [0.05, 0.1) is 0 Å². The Bertz CT molecular complexity index is 202. The fourth-order valence-corrected chi connectivity index (χ4v) is 1.38. The zero-order valence-electron chi connectivity index (χ0n) is 10.7. The standard InChI is InChI=1S/C11H25N3O/c1-11(2,8-12)9-14(5)7-6-10(15)13(3)4/h6-9,12H2,1-5H3. The summed E-state index contributed by atoms with van der Waals surface area (Å²) in [5.74, 6) is 0.174. The molecular formula is C11H25N3O. The van der Waals surface area contributed by atoms with Crippen LogP contribution in [0.3, 0.4) is 0 Å². The maximum Gasteiger partial charge on any atom is 0.223 e. The van der Waals surface area contributed by atoms with Crippen LogP contribution in [0.5, 0.6) is 0 Å². The van der Waals surface area contributed by atoms with Crippen molar-refractivity contribution in [2.75, 3.05) is 40.8 Å². The van der Waals surface area contributed by atoms with Crippen molar-refractivity contribution in [3.8, 4) is 0 Å². The van der Waals surface area contributed by atoms with Crippen molar-refractivity contribution in [3.63, 3.8) is 0 Å². The molecule has 0 fully saturated rings. The Morgan fingerprint density at radius 3 is 2.20 bits per heavy atom. The van der Waals surface area contributed by atoms with Crippen molar-refractivity contribution in [3.05, 3.63) is 0 Å². The van der Waals surface area contributed by atoms with Crippen LogP contribution in [0.1, 0.15) is 20.3 Å². The zero-order chi connectivity index (χ0) is 12.1. The summed E-state index contributed by atoms with van der Waals surface area (Å²) in [5, 5.41) is 0. The van der Waals surface area contributed by atoms with Crippen LogP contribution in [0, 0.1) is 5.41 Å². The number of hydrogen-bond acceptors (Lipinski definition) is 3. The van der Waals surface area contributed by atoms with E-state index in [0.29, 0.717) is 13.0 Å². The minimum Gasteiger partial charge on any atom is -0.349 e. The van der Waals surface area contributed by atoms with E-state index in [0.717, 1.165) is 13.1 Å². The predicted molar refractivity (Wildman–Crippen MR) is 63.6 cm³/mol. The van der Waals surface area contributed by atoms with Gasteiger partial charge in [0.15, 0.2) is 0 Å². The number of nitrogens with zero attached hydrogens (tertiary/aromatic N) is 2. The number of hydrogen-bond donors (Lipinski definition) is 1. The van der Waals surface area contributed by atoms with E-state index < -0.39 is 0 Å². The van der Waals surface area contributed by atoms with Crippen LogP contribution >= 0.6 is 0 Å². The average molecular weight is 215 g/mol. The van der Waals surface area contributed by atoms with E-state index in [1.807, 2.05) is 7.05 Å². The van der Waals surface area contributed by atoms with E-state index in [4.69, 9.17) is 5.73 Å². The van der Waals surface area contributed by atoms with E-state index in [9.17, 15) is 4.79 Å². The minimum absolute atomic E-state index is 0.121. The lowest BCUT2D eigenvalue weighted by atomic mass is 9.93. The van der Waals surface area contributed by atoms with Crippen molar-refractivity contribution >= 4 is 5.91 Å². The van der Waals surface area contributed by atoms with Gasteiger partial charge in [0, 0.05) is 33.6 Å². The quantitative estimate of drug-likeness (QED) is 0.697. The highest BCUT2D eigenvalue weighted by atomic mass is 16.2. The van der Waals surface area contributed by atoms with Crippen molar-refractivity contribution in [1.82, 2.24) is 9.80 Å². The number of rotatable bonds is 6. The highest BCUT2D eigenvalue weighted by molar-refractivity contribution is 5.75. The first-order valence-corrected chi connectivity index (χ1v) is 5.37. The average Bonchev–Trinajstić information content (AvgIpc) is 2.13. The van der Waals surface area contributed by atoms with Gasteiger partial charge in [0.2, 0.25) is 5.91 Å². The molecule has 0 saturated carbocycles. The van der Waals surface area contributed by atoms with Gasteiger partial charge in [-0.2, -0.15) is 0 Å². The number of nitrogens with two attached hydrogens (primary N) is 1. The summed E-state index contributed by atoms with van der Waals surface area (Å²) >= 11 is 0. The zero-order valence-corrected chi connectivity index (χ0v) is 10.7. The Labute approximate surface area is 93.4 Å². The molecule has 0 bridgehead atoms. The maximum absolute atomic E-state index is 11.4. The fraction of sp³-hybridized carbons (Fsp3) is 0.909. The van der Waals surface area contributed by atoms with Gasteiger partial charge in [-0.15, -0.1) is 0 Å². The first-order chi connectivity index (χ1) is 6.78. The normalized spacial score (nSPS) is 11.9. The summed E-state index contributed by atoms with van der Waals surface area (Å²) in [6.07, 6.45) is 0.574. The molecule has 4 heteroatoms. The van der Waals surface area contributed by atoms with Gasteiger partial charge < -0.3 is 15.5 Å². The Morgan fingerprint density at radius 1 is 1.27 bits per heavy atom. The summed E-state index contributed by atoms with van der Waals surface area (Å²) < 4.78 is 0. The second-order valence-corrected chi connectivity index (χ2v) is 5.14. The molecule has 0 saturated heterocycles. The molecule has 15 heavy (non-hydrogen) atoms. The van der Waals surface area contributed by atoms with Gasteiger partial charge in [-0.1, -0.05) is 13.8 Å². The van der Waals surface area contributed by atoms with Crippen LogP contribution < -0.4 is 5.73 Å². The van der Waals surface area contributed by atoms with E-state index in [1.165, 1.54) is 0 Å². The van der Waals surface area contributed by atoms with Crippen molar-refractivity contribution < 1.29 is 4.79 Å². The molecule has 4 nitrogen and oxygen atoms in total. The lowest BCUT2D eigenvalue weighted by Gasteiger charge is -2.29. The van der Waals surface area contributed by atoms with Crippen molar-refractivity contribution in [1.29, 1.82) is 0 Å². The van der Waals surface area contributed by atoms with Gasteiger partial charge in [-0.05, 0) is 19.0 Å². The molecule has 0 spiro atoms. The third-order valence-corrected chi connectivity index (χ3v) is 2.46. The molecule has 90 valence electrons. The van der Waals surface area contributed by atoms with Gasteiger partial charge in [0.1, 0.15) is 0 Å². The number of amides is 1. The molecule has 0 aromatic heterocycles. The number of carbonyl (C=O) groups excluding carboxylic acids is 1. The molecule has 0 rings (SSSR count). The monoisotopic (exact) mass is 215 g/mol. The van der Waals surface area contributed by atoms with Crippen LogP contribution in [0.25, 0.3) is 0 Å². The first-order valence-electron chi connectivity index (χ1n) is 5.37. The van der Waals surface area contributed by atoms with E-state index >= 15 is 0 Å². The Kier molecular flexibility index (Phi) is 5.83. The van der Waals surface area contributed by atoms with Gasteiger partial charge in [-0.25, -0.2) is 0 Å². The lowest BCUT2D eigenvalue weighted by Crippen LogP contribution is -2.38. The second-order valence-electron chi connectivity index (χ2n) is 5.14. The van der Waals surface area contributed by atoms with Gasteiger partial charge in [-0.3, -0.25) is 4.79 Å². The highest BCUT2D eigenvalue weighted by Crippen LogP contribution is 2.13. The molecule has 0 aliphatic rings. The van der Waals surface area contributed by atoms with E-state index in [1.54, 1.807) is 19.0 Å². The molecule has 0 aromatic carbocycles. The molecule has 0 atom stereocenters. The number of carbonyl (C=O) groups is 1. The van der Waals surface area contributed by atoms with E-state index in [-0.39, 0.29) is 11.3 Å². The van der Waals surface area contributed by atoms with Gasteiger partial charge in [0.25, 0.3) is 0 Å². The summed E-state index contributed by atoms with van der Waals surface area (Å²) in [5.41, 5.74) is 5.78. The third kappa shape index (κ3) is 6.47. The smallest absolute Gasteiger partial charge is 0.223 e. The SMILES string of the molecule is CN(CCC(=O)N(C)C)CC(C)(C)CN. The van der Waals surface area contributed by atoms with Crippen LogP contribution in [0.15, 0.2) is 0 Å². The molecule has 1 amide bonds. The Hall–Kier alpha value is -0.610. The molecule has 0 aliphatic carbocycles. The molecule has 0 unspecified atom stereocenters. The largest absolute Gasteiger partial charge is 0.349 e. The van der Waals surface area contributed by atoms with Gasteiger partial charge >= 0.3 is 0 Å². The first kappa shape index (κ1) is 14.4. The lowest BCUT2D eigenvalue weighted by molar-refractivity contribution is -0.129. The second kappa shape index (κ2) is 6.08. The Balaban J connectivity index is 3.85. The molecule has 2 N–H and O–H groups in total. The fourth-order valence-electron chi connectivity index (χ4n) is 1.38. The molecule has 0 heterocycles. The van der Waals surface area contributed by atoms with Crippen molar-refractivity contribution in [2.45, 2.75) is 20.3 Å². The van der Waals surface area contributed by atoms with E-state index in [2.05, 4.69) is 18.7 Å². The third-order valence-electron chi connectivity index (χ3n) is 2.46. The maximum atomic E-state index is 11.4. The van der Waals surface area contributed by atoms with Crippen LogP contribution in [0.4, 0.5) is 0 Å². The topological polar surface area (TPSA) is 49.6 Å². The predicted octanol–water partition coefficient (Wildman–Crippen LogP) is 0.381. The van der Waals surface area contributed by atoms with Crippen LogP contribution in [-0.4, -0.2) is 56.5 Å². The molecule has 0 aromatic rings. The molecule has 0 aliphatic heterocycles. The molecular weight excluding hydrogens is 190 g/mol. The summed E-state index contributed by atoms with van der Waals surface area (Å²) in [6, 6.07) is 0.